The molecule has 2 aromatic heterocycles. The quantitative estimate of drug-likeness (QED) is 0.759. The fourth-order valence-corrected chi connectivity index (χ4v) is 2.37. The summed E-state index contributed by atoms with van der Waals surface area (Å²) in [6.07, 6.45) is 1.75. The smallest absolute Gasteiger partial charge is 0.354 e. The van der Waals surface area contributed by atoms with Crippen molar-refractivity contribution in [2.75, 3.05) is 0 Å². The van der Waals surface area contributed by atoms with Gasteiger partial charge in [-0.1, -0.05) is 20.8 Å². The van der Waals surface area contributed by atoms with E-state index < -0.39 is 5.91 Å². The molecule has 0 bridgehead atoms. The number of benzene rings is 1. The van der Waals surface area contributed by atoms with E-state index in [2.05, 4.69) is 30.7 Å². The SMILES string of the molecule is CC(C)(C)c1cc2cn(-c3ccc(C(N)=O)cc3)c(=O)nc2[nH]1. The van der Waals surface area contributed by atoms with Crippen LogP contribution in [0.5, 0.6) is 0 Å². The number of hydrogen-bond donors (Lipinski definition) is 2. The molecule has 0 aliphatic heterocycles. The number of carbonyl (C=O) groups excluding carboxylic acids is 1. The van der Waals surface area contributed by atoms with Crippen molar-refractivity contribution in [3.05, 3.63) is 58.3 Å². The molecule has 0 atom stereocenters. The fraction of sp³-hybridized carbons (Fsp3) is 0.235. The van der Waals surface area contributed by atoms with Crippen molar-refractivity contribution in [1.29, 1.82) is 0 Å². The van der Waals surface area contributed by atoms with Crippen LogP contribution in [0.2, 0.25) is 0 Å². The molecule has 0 saturated carbocycles. The number of fused-ring (bicyclic) bond motifs is 1. The summed E-state index contributed by atoms with van der Waals surface area (Å²) < 4.78 is 1.45. The minimum Gasteiger partial charge on any atom is -0.366 e. The lowest BCUT2D eigenvalue weighted by atomic mass is 9.92. The summed E-state index contributed by atoms with van der Waals surface area (Å²) in [6.45, 7) is 6.27. The van der Waals surface area contributed by atoms with Crippen LogP contribution in [0.15, 0.2) is 41.3 Å². The molecule has 6 heteroatoms. The van der Waals surface area contributed by atoms with E-state index in [1.54, 1.807) is 30.5 Å². The lowest BCUT2D eigenvalue weighted by Crippen LogP contribution is -2.20. The Labute approximate surface area is 133 Å². The Morgan fingerprint density at radius 3 is 2.43 bits per heavy atom. The van der Waals surface area contributed by atoms with Crippen molar-refractivity contribution in [3.8, 4) is 5.69 Å². The maximum absolute atomic E-state index is 12.3. The van der Waals surface area contributed by atoms with Crippen LogP contribution in [-0.4, -0.2) is 20.4 Å². The van der Waals surface area contributed by atoms with Gasteiger partial charge in [0.15, 0.2) is 0 Å². The van der Waals surface area contributed by atoms with Gasteiger partial charge in [-0.25, -0.2) is 4.79 Å². The van der Waals surface area contributed by atoms with Crippen LogP contribution >= 0.6 is 0 Å². The molecule has 1 aromatic carbocycles. The zero-order valence-corrected chi connectivity index (χ0v) is 13.3. The van der Waals surface area contributed by atoms with Crippen LogP contribution in [0.3, 0.4) is 0 Å². The molecule has 3 aromatic rings. The summed E-state index contributed by atoms with van der Waals surface area (Å²) in [5.41, 5.74) is 7.40. The van der Waals surface area contributed by atoms with Crippen molar-refractivity contribution in [3.63, 3.8) is 0 Å². The predicted molar refractivity (Wildman–Crippen MR) is 88.9 cm³/mol. The van der Waals surface area contributed by atoms with E-state index in [-0.39, 0.29) is 11.1 Å². The van der Waals surface area contributed by atoms with Crippen LogP contribution in [0.25, 0.3) is 16.7 Å². The Morgan fingerprint density at radius 1 is 1.22 bits per heavy atom. The number of H-pyrrole nitrogens is 1. The maximum Gasteiger partial charge on any atom is 0.354 e. The van der Waals surface area contributed by atoms with Crippen molar-refractivity contribution < 1.29 is 4.79 Å². The Kier molecular flexibility index (Phi) is 3.32. The highest BCUT2D eigenvalue weighted by molar-refractivity contribution is 5.92. The molecule has 6 nitrogen and oxygen atoms in total. The second-order valence-corrected chi connectivity index (χ2v) is 6.54. The molecule has 0 spiro atoms. The van der Waals surface area contributed by atoms with Gasteiger partial charge in [0, 0.05) is 28.3 Å². The van der Waals surface area contributed by atoms with Crippen molar-refractivity contribution >= 4 is 16.9 Å². The predicted octanol–water partition coefficient (Wildman–Crippen LogP) is 2.11. The number of primary amides is 1. The zero-order valence-electron chi connectivity index (χ0n) is 13.3. The summed E-state index contributed by atoms with van der Waals surface area (Å²) >= 11 is 0. The number of amides is 1. The molecule has 2 heterocycles. The molecule has 0 aliphatic rings. The molecule has 0 aliphatic carbocycles. The lowest BCUT2D eigenvalue weighted by Gasteiger charge is -2.15. The summed E-state index contributed by atoms with van der Waals surface area (Å²) in [6, 6.07) is 8.52. The van der Waals surface area contributed by atoms with E-state index in [9.17, 15) is 9.59 Å². The number of carbonyl (C=O) groups is 1. The molecule has 23 heavy (non-hydrogen) atoms. The number of rotatable bonds is 2. The molecule has 3 N–H and O–H groups in total. The number of nitrogens with one attached hydrogen (secondary N) is 1. The third-order valence-corrected chi connectivity index (χ3v) is 3.75. The molecule has 1 amide bonds. The van der Waals surface area contributed by atoms with Gasteiger partial charge in [-0.3, -0.25) is 9.36 Å². The normalized spacial score (nSPS) is 11.8. The number of nitrogens with two attached hydrogens (primary N) is 1. The Hall–Kier alpha value is -2.89. The van der Waals surface area contributed by atoms with Gasteiger partial charge in [-0.2, -0.15) is 4.98 Å². The van der Waals surface area contributed by atoms with Crippen molar-refractivity contribution in [2.24, 2.45) is 5.73 Å². The molecular formula is C17H18N4O2. The monoisotopic (exact) mass is 310 g/mol. The average molecular weight is 310 g/mol. The van der Waals surface area contributed by atoms with Crippen LogP contribution in [0, 0.1) is 0 Å². The second-order valence-electron chi connectivity index (χ2n) is 6.54. The van der Waals surface area contributed by atoms with E-state index in [0.29, 0.717) is 16.9 Å². The first kappa shape index (κ1) is 15.0. The van der Waals surface area contributed by atoms with Crippen molar-refractivity contribution in [2.45, 2.75) is 26.2 Å². The zero-order chi connectivity index (χ0) is 16.8. The summed E-state index contributed by atoms with van der Waals surface area (Å²) in [5, 5.41) is 0.855. The van der Waals surface area contributed by atoms with Gasteiger partial charge >= 0.3 is 5.69 Å². The van der Waals surface area contributed by atoms with E-state index in [0.717, 1.165) is 11.1 Å². The minimum absolute atomic E-state index is 0.0578. The highest BCUT2D eigenvalue weighted by Crippen LogP contribution is 2.24. The fourth-order valence-electron chi connectivity index (χ4n) is 2.37. The van der Waals surface area contributed by atoms with E-state index >= 15 is 0 Å². The van der Waals surface area contributed by atoms with Crippen molar-refractivity contribution in [1.82, 2.24) is 14.5 Å². The van der Waals surface area contributed by atoms with Gasteiger partial charge in [-0.05, 0) is 30.3 Å². The molecule has 0 saturated heterocycles. The molecule has 0 fully saturated rings. The summed E-state index contributed by atoms with van der Waals surface area (Å²) in [7, 11) is 0. The average Bonchev–Trinajstić information content (AvgIpc) is 2.89. The van der Waals surface area contributed by atoms with E-state index in [1.807, 2.05) is 6.07 Å². The first-order valence-corrected chi connectivity index (χ1v) is 7.29. The van der Waals surface area contributed by atoms with Gasteiger partial charge < -0.3 is 10.7 Å². The topological polar surface area (TPSA) is 93.8 Å². The van der Waals surface area contributed by atoms with Gasteiger partial charge in [0.05, 0.1) is 5.69 Å². The third-order valence-electron chi connectivity index (χ3n) is 3.75. The first-order valence-electron chi connectivity index (χ1n) is 7.29. The first-order chi connectivity index (χ1) is 10.8. The van der Waals surface area contributed by atoms with E-state index in [4.69, 9.17) is 5.73 Å². The standard InChI is InChI=1S/C17H18N4O2/c1-17(2,3)13-8-11-9-21(16(23)20-15(11)19-13)12-6-4-10(5-7-12)14(18)22/h4-9H,1-3H3,(H2,18,22)(H,19,20,23). The van der Waals surface area contributed by atoms with Crippen LogP contribution < -0.4 is 11.4 Å². The Bertz CT molecular complexity index is 943. The largest absolute Gasteiger partial charge is 0.366 e. The van der Waals surface area contributed by atoms with Crippen LogP contribution in [0.1, 0.15) is 36.8 Å². The Morgan fingerprint density at radius 2 is 1.87 bits per heavy atom. The number of aromatic nitrogens is 3. The second kappa shape index (κ2) is 5.08. The number of hydrogen-bond acceptors (Lipinski definition) is 3. The molecule has 3 rings (SSSR count). The minimum atomic E-state index is -0.502. The van der Waals surface area contributed by atoms with E-state index in [1.165, 1.54) is 4.57 Å². The van der Waals surface area contributed by atoms with Gasteiger partial charge in [0.2, 0.25) is 5.91 Å². The van der Waals surface area contributed by atoms with Crippen LogP contribution in [0.4, 0.5) is 0 Å². The highest BCUT2D eigenvalue weighted by Gasteiger charge is 2.17. The van der Waals surface area contributed by atoms with Gasteiger partial charge in [0.25, 0.3) is 0 Å². The van der Waals surface area contributed by atoms with Gasteiger partial charge in [0.1, 0.15) is 5.65 Å². The third kappa shape index (κ3) is 2.75. The molecular weight excluding hydrogens is 292 g/mol. The Balaban J connectivity index is 2.12. The summed E-state index contributed by atoms with van der Waals surface area (Å²) in [4.78, 5) is 30.7. The van der Waals surface area contributed by atoms with Gasteiger partial charge in [-0.15, -0.1) is 0 Å². The highest BCUT2D eigenvalue weighted by atomic mass is 16.1. The molecule has 0 unspecified atom stereocenters. The molecule has 118 valence electrons. The number of nitrogens with zero attached hydrogens (tertiary/aromatic N) is 2. The molecule has 0 radical (unpaired) electrons. The van der Waals surface area contributed by atoms with Crippen LogP contribution in [-0.2, 0) is 5.41 Å². The maximum atomic E-state index is 12.3. The summed E-state index contributed by atoms with van der Waals surface area (Å²) in [5.74, 6) is -0.502. The number of aromatic amines is 1. The lowest BCUT2D eigenvalue weighted by molar-refractivity contribution is 0.100.